The number of amidine groups is 1. The van der Waals surface area contributed by atoms with E-state index in [1.165, 1.54) is 0 Å². The van der Waals surface area contributed by atoms with Gasteiger partial charge in [-0.1, -0.05) is 12.1 Å². The number of rotatable bonds is 4. The number of H-pyrrole nitrogens is 1. The van der Waals surface area contributed by atoms with E-state index < -0.39 is 23.7 Å². The summed E-state index contributed by atoms with van der Waals surface area (Å²) in [6, 6.07) is 13.4. The van der Waals surface area contributed by atoms with E-state index >= 15 is 0 Å². The van der Waals surface area contributed by atoms with E-state index in [1.54, 1.807) is 27.3 Å². The molecule has 2 unspecified atom stereocenters. The molecule has 2 atom stereocenters. The van der Waals surface area contributed by atoms with Gasteiger partial charge >= 0.3 is 0 Å². The predicted molar refractivity (Wildman–Crippen MR) is 118 cm³/mol. The van der Waals surface area contributed by atoms with Crippen LogP contribution in [0.25, 0.3) is 11.0 Å². The number of anilines is 1. The Kier molecular flexibility index (Phi) is 4.64. The van der Waals surface area contributed by atoms with Gasteiger partial charge in [0.25, 0.3) is 0 Å². The molecular formula is C23H26N4O4. The zero-order valence-electron chi connectivity index (χ0n) is 17.7. The van der Waals surface area contributed by atoms with Crippen LogP contribution in [0.1, 0.15) is 24.6 Å². The van der Waals surface area contributed by atoms with Crippen LogP contribution in [-0.2, 0) is 0 Å². The molecule has 8 heteroatoms. The number of benzene rings is 2. The van der Waals surface area contributed by atoms with Crippen LogP contribution >= 0.6 is 0 Å². The van der Waals surface area contributed by atoms with Gasteiger partial charge in [0.2, 0.25) is 0 Å². The number of aromatic amines is 1. The molecule has 162 valence electrons. The maximum atomic E-state index is 11.6. The van der Waals surface area contributed by atoms with Gasteiger partial charge in [-0.15, -0.1) is 0 Å². The summed E-state index contributed by atoms with van der Waals surface area (Å²) in [5.74, 6) is 2.17. The van der Waals surface area contributed by atoms with E-state index in [2.05, 4.69) is 9.98 Å². The summed E-state index contributed by atoms with van der Waals surface area (Å²) < 4.78 is 10.9. The highest BCUT2D eigenvalue weighted by molar-refractivity contribution is 6.07. The second kappa shape index (κ2) is 7.25. The van der Waals surface area contributed by atoms with Gasteiger partial charge in [-0.3, -0.25) is 4.99 Å². The van der Waals surface area contributed by atoms with E-state index in [0.29, 0.717) is 36.0 Å². The van der Waals surface area contributed by atoms with E-state index in [4.69, 9.17) is 14.5 Å². The number of aliphatic hydroxyl groups is 2. The van der Waals surface area contributed by atoms with Gasteiger partial charge in [-0.25, -0.2) is 4.98 Å². The third-order valence-corrected chi connectivity index (χ3v) is 6.52. The number of imidazole rings is 1. The first-order valence-corrected chi connectivity index (χ1v) is 10.3. The van der Waals surface area contributed by atoms with Crippen molar-refractivity contribution in [1.82, 2.24) is 9.97 Å². The molecule has 8 nitrogen and oxygen atoms in total. The van der Waals surface area contributed by atoms with Crippen molar-refractivity contribution >= 4 is 22.6 Å². The van der Waals surface area contributed by atoms with Crippen molar-refractivity contribution in [3.63, 3.8) is 0 Å². The molecule has 1 aromatic heterocycles. The fourth-order valence-corrected chi connectivity index (χ4v) is 5.07. The summed E-state index contributed by atoms with van der Waals surface area (Å²) in [6.45, 7) is 0. The second-order valence-electron chi connectivity index (χ2n) is 8.22. The standard InChI is InChI=1S/C23H26N4O4/c1-24-22-19(21-25-17-6-4-5-7-18(17)26-21)20(29)23(11-14(28)12-23)27(22)13-8-15(30-2)10-16(9-13)31-3/h4-10,14,19-20,28-29H,11-12H2,1-3H3,(H,25,26). The van der Waals surface area contributed by atoms with Gasteiger partial charge in [0.15, 0.2) is 0 Å². The van der Waals surface area contributed by atoms with Gasteiger partial charge in [0.05, 0.1) is 48.7 Å². The molecule has 1 aliphatic heterocycles. The smallest absolute Gasteiger partial charge is 0.124 e. The summed E-state index contributed by atoms with van der Waals surface area (Å²) >= 11 is 0. The topological polar surface area (TPSA) is 103 Å². The van der Waals surface area contributed by atoms with Crippen molar-refractivity contribution in [2.75, 3.05) is 26.2 Å². The Balaban J connectivity index is 1.67. The Bertz CT molecular complexity index is 1100. The van der Waals surface area contributed by atoms with Crippen molar-refractivity contribution < 1.29 is 19.7 Å². The Labute approximate surface area is 180 Å². The molecule has 2 heterocycles. The minimum absolute atomic E-state index is 0.434. The third kappa shape index (κ3) is 2.90. The molecule has 0 amide bonds. The first kappa shape index (κ1) is 19.8. The molecule has 1 aliphatic carbocycles. The molecule has 5 rings (SSSR count). The lowest BCUT2D eigenvalue weighted by atomic mass is 9.69. The maximum absolute atomic E-state index is 11.6. The lowest BCUT2D eigenvalue weighted by Gasteiger charge is -2.50. The number of para-hydroxylation sites is 2. The molecular weight excluding hydrogens is 396 g/mol. The van der Waals surface area contributed by atoms with Crippen molar-refractivity contribution in [3.05, 3.63) is 48.3 Å². The quantitative estimate of drug-likeness (QED) is 0.597. The second-order valence-corrected chi connectivity index (χ2v) is 8.22. The van der Waals surface area contributed by atoms with Crippen LogP contribution < -0.4 is 14.4 Å². The van der Waals surface area contributed by atoms with E-state index in [9.17, 15) is 10.2 Å². The fourth-order valence-electron chi connectivity index (χ4n) is 5.07. The first-order valence-electron chi connectivity index (χ1n) is 10.3. The summed E-state index contributed by atoms with van der Waals surface area (Å²) in [6.07, 6.45) is -0.406. The maximum Gasteiger partial charge on any atom is 0.124 e. The Morgan fingerprint density at radius 3 is 2.35 bits per heavy atom. The number of nitrogens with one attached hydrogen (secondary N) is 1. The summed E-state index contributed by atoms with van der Waals surface area (Å²) in [5, 5.41) is 21.8. The molecule has 3 aromatic rings. The molecule has 1 saturated heterocycles. The Morgan fingerprint density at radius 2 is 1.77 bits per heavy atom. The van der Waals surface area contributed by atoms with Crippen LogP contribution in [0.5, 0.6) is 11.5 Å². The van der Waals surface area contributed by atoms with E-state index in [1.807, 2.05) is 41.3 Å². The number of hydrogen-bond donors (Lipinski definition) is 3. The zero-order valence-corrected chi connectivity index (χ0v) is 17.7. The lowest BCUT2D eigenvalue weighted by Crippen LogP contribution is -2.62. The molecule has 3 N–H and O–H groups in total. The molecule has 2 aromatic carbocycles. The molecule has 2 fully saturated rings. The third-order valence-electron chi connectivity index (χ3n) is 6.52. The number of hydrogen-bond acceptors (Lipinski definition) is 6. The number of aliphatic hydroxyl groups excluding tert-OH is 2. The molecule has 1 saturated carbocycles. The largest absolute Gasteiger partial charge is 0.497 e. The SMILES string of the molecule is CN=C1C(c2nc3ccccc3[nH]2)C(O)C2(CC(O)C2)N1c1cc(OC)cc(OC)c1. The minimum Gasteiger partial charge on any atom is -0.497 e. The summed E-state index contributed by atoms with van der Waals surface area (Å²) in [4.78, 5) is 14.7. The van der Waals surface area contributed by atoms with Crippen LogP contribution in [0.4, 0.5) is 5.69 Å². The normalized spacial score (nSPS) is 29.0. The highest BCUT2D eigenvalue weighted by Crippen LogP contribution is 2.53. The van der Waals surface area contributed by atoms with Crippen LogP contribution in [0.2, 0.25) is 0 Å². The predicted octanol–water partition coefficient (Wildman–Crippen LogP) is 2.47. The van der Waals surface area contributed by atoms with Crippen molar-refractivity contribution in [3.8, 4) is 11.5 Å². The lowest BCUT2D eigenvalue weighted by molar-refractivity contribution is -0.0391. The minimum atomic E-state index is -0.799. The molecule has 2 aliphatic rings. The molecule has 0 bridgehead atoms. The van der Waals surface area contributed by atoms with Crippen LogP contribution in [0.15, 0.2) is 47.5 Å². The number of aromatic nitrogens is 2. The molecule has 1 spiro atoms. The van der Waals surface area contributed by atoms with Gasteiger partial charge < -0.3 is 29.6 Å². The highest BCUT2D eigenvalue weighted by Gasteiger charge is 2.64. The van der Waals surface area contributed by atoms with Gasteiger partial charge in [0, 0.05) is 25.2 Å². The molecule has 31 heavy (non-hydrogen) atoms. The average Bonchev–Trinajstić information content (AvgIpc) is 3.29. The number of methoxy groups -OCH3 is 2. The monoisotopic (exact) mass is 422 g/mol. The zero-order chi connectivity index (χ0) is 21.8. The van der Waals surface area contributed by atoms with Crippen LogP contribution in [0.3, 0.4) is 0 Å². The summed E-state index contributed by atoms with van der Waals surface area (Å²) in [5.41, 5.74) is 1.85. The number of nitrogens with zero attached hydrogens (tertiary/aromatic N) is 3. The fraction of sp³-hybridized carbons (Fsp3) is 0.391. The van der Waals surface area contributed by atoms with E-state index in [-0.39, 0.29) is 0 Å². The van der Waals surface area contributed by atoms with Crippen LogP contribution in [0, 0.1) is 0 Å². The van der Waals surface area contributed by atoms with Crippen LogP contribution in [-0.4, -0.2) is 65.0 Å². The van der Waals surface area contributed by atoms with Gasteiger partial charge in [-0.2, -0.15) is 0 Å². The van der Waals surface area contributed by atoms with Gasteiger partial charge in [0.1, 0.15) is 29.1 Å². The van der Waals surface area contributed by atoms with Crippen molar-refractivity contribution in [2.24, 2.45) is 4.99 Å². The van der Waals surface area contributed by atoms with Crippen molar-refractivity contribution in [1.29, 1.82) is 0 Å². The highest BCUT2D eigenvalue weighted by atomic mass is 16.5. The Morgan fingerprint density at radius 1 is 1.10 bits per heavy atom. The Hall–Kier alpha value is -3.10. The first-order chi connectivity index (χ1) is 15.0. The number of aliphatic imine (C=N–C) groups is 1. The number of fused-ring (bicyclic) bond motifs is 1. The average molecular weight is 422 g/mol. The summed E-state index contributed by atoms with van der Waals surface area (Å²) in [7, 11) is 4.93. The molecule has 0 radical (unpaired) electrons. The van der Waals surface area contributed by atoms with E-state index in [0.717, 1.165) is 16.7 Å². The van der Waals surface area contributed by atoms with Crippen molar-refractivity contribution in [2.45, 2.75) is 36.5 Å². The van der Waals surface area contributed by atoms with Gasteiger partial charge in [-0.05, 0) is 25.0 Å². The number of ether oxygens (including phenoxy) is 2.